The van der Waals surface area contributed by atoms with Crippen LogP contribution in [0.2, 0.25) is 5.02 Å². The molecule has 7 unspecified atom stereocenters. The molecule has 0 radical (unpaired) electrons. The average Bonchev–Trinajstić information content (AvgIpc) is 3.70. The number of ketones is 1. The van der Waals surface area contributed by atoms with Crippen molar-refractivity contribution in [3.05, 3.63) is 92.9 Å². The highest BCUT2D eigenvalue weighted by atomic mass is 79.9. The number of rotatable bonds is 7. The summed E-state index contributed by atoms with van der Waals surface area (Å²) >= 11 is 17.6. The van der Waals surface area contributed by atoms with Gasteiger partial charge in [0.2, 0.25) is 17.6 Å². The Morgan fingerprint density at radius 3 is 2.19 bits per heavy atom. The third kappa shape index (κ3) is 5.30. The van der Waals surface area contributed by atoms with E-state index in [1.54, 1.807) is 67.6 Å². The van der Waals surface area contributed by atoms with Crippen LogP contribution in [0, 0.1) is 30.6 Å². The monoisotopic (exact) mass is 840 g/mol. The van der Waals surface area contributed by atoms with Crippen LogP contribution in [0.25, 0.3) is 22.2 Å². The number of carbonyl (C=O) groups is 4. The fraction of sp³-hybridized carbons (Fsp3) is 0.306. The van der Waals surface area contributed by atoms with Crippen LogP contribution < -0.4 is 4.90 Å². The van der Waals surface area contributed by atoms with E-state index in [1.165, 1.54) is 4.90 Å². The molecular weight excluding hydrogens is 816 g/mol. The topological polar surface area (TPSA) is 93.6 Å². The average molecular weight is 844 g/mol. The quantitative estimate of drug-likeness (QED) is 0.0801. The third-order valence-corrected chi connectivity index (χ3v) is 14.4. The van der Waals surface area contributed by atoms with Gasteiger partial charge >= 0.3 is 5.97 Å². The molecule has 47 heavy (non-hydrogen) atoms. The summed E-state index contributed by atoms with van der Waals surface area (Å²) in [4.78, 5) is 60.7. The molecule has 3 aliphatic rings. The summed E-state index contributed by atoms with van der Waals surface area (Å²) in [5.74, 6) is -1.61. The number of Topliss-reactive ketones (excluding diaryl/α,β-unsaturated/α-hetero) is 1. The number of pyridine rings is 1. The number of anilines is 1. The number of benzene rings is 3. The van der Waals surface area contributed by atoms with Gasteiger partial charge in [-0.15, -0.1) is 0 Å². The molecule has 3 fully saturated rings. The fourth-order valence-corrected chi connectivity index (χ4v) is 10.0. The number of carbonyl (C=O) groups excluding carboxylic acids is 4. The molecule has 7 rings (SSSR count). The number of fused-ring (bicyclic) bond motifs is 6. The Labute approximate surface area is 301 Å². The normalized spacial score (nSPS) is 25.4. The van der Waals surface area contributed by atoms with Crippen molar-refractivity contribution in [1.29, 1.82) is 0 Å². The summed E-state index contributed by atoms with van der Waals surface area (Å²) in [6.45, 7) is 3.61. The van der Waals surface area contributed by atoms with E-state index in [4.69, 9.17) is 21.3 Å². The van der Waals surface area contributed by atoms with Crippen molar-refractivity contribution < 1.29 is 23.9 Å². The molecule has 3 aromatic carbocycles. The SMILES string of the molecule is CCC(OC(=O)c1cc(-c2ccc(N3C(=O)C4C5CC(C(Br)C5Br)C4C3=O)cc2)nc2c(C)c(Cl)c(Br)cc12)C(=O)c1ccccc1. The van der Waals surface area contributed by atoms with E-state index in [9.17, 15) is 19.2 Å². The van der Waals surface area contributed by atoms with Crippen LogP contribution in [0.4, 0.5) is 5.69 Å². The Morgan fingerprint density at radius 1 is 0.979 bits per heavy atom. The van der Waals surface area contributed by atoms with Gasteiger partial charge in [0.25, 0.3) is 0 Å². The van der Waals surface area contributed by atoms with Gasteiger partial charge in [-0.2, -0.15) is 0 Å². The van der Waals surface area contributed by atoms with Crippen molar-refractivity contribution in [3.63, 3.8) is 0 Å². The largest absolute Gasteiger partial charge is 0.450 e. The van der Waals surface area contributed by atoms with Crippen molar-refractivity contribution in [2.75, 3.05) is 4.90 Å². The summed E-state index contributed by atoms with van der Waals surface area (Å²) in [5.41, 5.74) is 3.51. The van der Waals surface area contributed by atoms with Crippen LogP contribution in [0.3, 0.4) is 0 Å². The van der Waals surface area contributed by atoms with Crippen LogP contribution >= 0.6 is 59.4 Å². The van der Waals surface area contributed by atoms with Gasteiger partial charge in [0.15, 0.2) is 6.10 Å². The summed E-state index contributed by atoms with van der Waals surface area (Å²) in [5, 5.41) is 0.986. The summed E-state index contributed by atoms with van der Waals surface area (Å²) < 4.78 is 6.44. The minimum Gasteiger partial charge on any atom is -0.450 e. The van der Waals surface area contributed by atoms with E-state index in [1.807, 2.05) is 13.0 Å². The van der Waals surface area contributed by atoms with Crippen LogP contribution in [0.5, 0.6) is 0 Å². The first kappa shape index (κ1) is 32.6. The van der Waals surface area contributed by atoms with Crippen molar-refractivity contribution in [2.45, 2.75) is 42.4 Å². The summed E-state index contributed by atoms with van der Waals surface area (Å²) in [7, 11) is 0. The first-order chi connectivity index (χ1) is 22.5. The molecule has 2 amide bonds. The number of esters is 1. The van der Waals surface area contributed by atoms with Gasteiger partial charge in [0, 0.05) is 30.6 Å². The number of aromatic nitrogens is 1. The highest BCUT2D eigenvalue weighted by molar-refractivity contribution is 9.12. The van der Waals surface area contributed by atoms with Crippen molar-refractivity contribution in [1.82, 2.24) is 4.98 Å². The zero-order valence-electron chi connectivity index (χ0n) is 25.3. The maximum absolute atomic E-state index is 13.8. The molecule has 2 aliphatic carbocycles. The molecule has 1 saturated heterocycles. The van der Waals surface area contributed by atoms with Gasteiger partial charge in [0.1, 0.15) is 0 Å². The zero-order valence-corrected chi connectivity index (χ0v) is 30.8. The number of imide groups is 1. The first-order valence-electron chi connectivity index (χ1n) is 15.4. The standard InChI is InChI=1S/C36H28Br3ClN2O5/c1-3-26(33(43)18-7-5-4-6-8-18)47-36(46)21-15-25(41-32-16(2)31(40)24(37)14-20(21)32)17-9-11-19(12-10-17)42-34(44)27-22-13-23(28(27)35(42)45)30(39)29(22)38/h4-12,14-15,22-23,26-30H,3,13H2,1-2H3. The third-order valence-electron chi connectivity index (χ3n) is 9.82. The molecule has 2 bridgehead atoms. The van der Waals surface area contributed by atoms with Crippen LogP contribution in [-0.2, 0) is 14.3 Å². The molecule has 1 aliphatic heterocycles. The molecule has 7 nitrogen and oxygen atoms in total. The lowest BCUT2D eigenvalue weighted by Gasteiger charge is -2.28. The number of nitrogens with zero attached hydrogens (tertiary/aromatic N) is 2. The molecule has 0 spiro atoms. The Bertz CT molecular complexity index is 1940. The van der Waals surface area contributed by atoms with Gasteiger partial charge in [0.05, 0.1) is 39.3 Å². The molecule has 0 N–H and O–H groups in total. The molecule has 4 aromatic rings. The Hall–Kier alpha value is -2.92. The van der Waals surface area contributed by atoms with Crippen molar-refractivity contribution in [3.8, 4) is 11.3 Å². The number of ether oxygens (including phenoxy) is 1. The first-order valence-corrected chi connectivity index (χ1v) is 18.4. The molecule has 2 saturated carbocycles. The number of alkyl halides is 2. The highest BCUT2D eigenvalue weighted by Crippen LogP contribution is 2.60. The zero-order chi connectivity index (χ0) is 33.3. The van der Waals surface area contributed by atoms with Gasteiger partial charge < -0.3 is 4.74 Å². The number of amides is 2. The summed E-state index contributed by atoms with van der Waals surface area (Å²) in [6.07, 6.45) is 0.191. The lowest BCUT2D eigenvalue weighted by atomic mass is 9.81. The van der Waals surface area contributed by atoms with E-state index in [-0.39, 0.29) is 56.5 Å². The molecule has 1 aromatic heterocycles. The highest BCUT2D eigenvalue weighted by Gasteiger charge is 2.66. The predicted molar refractivity (Wildman–Crippen MR) is 191 cm³/mol. The van der Waals surface area contributed by atoms with Crippen molar-refractivity contribution in [2.24, 2.45) is 23.7 Å². The fourth-order valence-electron chi connectivity index (χ4n) is 7.46. The Morgan fingerprint density at radius 2 is 1.60 bits per heavy atom. The molecule has 240 valence electrons. The molecule has 7 atom stereocenters. The second-order valence-corrected chi connectivity index (χ2v) is 15.7. The van der Waals surface area contributed by atoms with Gasteiger partial charge in [-0.3, -0.25) is 19.3 Å². The van der Waals surface area contributed by atoms with Gasteiger partial charge in [-0.25, -0.2) is 9.78 Å². The second kappa shape index (κ2) is 12.5. The number of hydrogen-bond acceptors (Lipinski definition) is 6. The Balaban J connectivity index is 1.23. The minimum atomic E-state index is -0.974. The van der Waals surface area contributed by atoms with E-state index in [0.29, 0.717) is 54.9 Å². The minimum absolute atomic E-state index is 0.125. The number of aryl methyl sites for hydroxylation is 1. The van der Waals surface area contributed by atoms with E-state index in [0.717, 1.165) is 6.42 Å². The second-order valence-electron chi connectivity index (χ2n) is 12.3. The summed E-state index contributed by atoms with van der Waals surface area (Å²) in [6, 6.07) is 19.2. The van der Waals surface area contributed by atoms with Crippen LogP contribution in [0.15, 0.2) is 71.2 Å². The lowest BCUT2D eigenvalue weighted by Crippen LogP contribution is -2.37. The van der Waals surface area contributed by atoms with Gasteiger partial charge in [-0.05, 0) is 77.4 Å². The molecule has 11 heteroatoms. The number of hydrogen-bond donors (Lipinski definition) is 0. The van der Waals surface area contributed by atoms with Crippen LogP contribution in [-0.4, -0.2) is 44.3 Å². The molecular formula is C36H28Br3ClN2O5. The van der Waals surface area contributed by atoms with E-state index >= 15 is 0 Å². The van der Waals surface area contributed by atoms with Gasteiger partial charge in [-0.1, -0.05) is 92.8 Å². The lowest BCUT2D eigenvalue weighted by molar-refractivity contribution is -0.123. The Kier molecular flexibility index (Phi) is 8.68. The maximum atomic E-state index is 13.8. The molecule has 2 heterocycles. The van der Waals surface area contributed by atoms with E-state index in [2.05, 4.69) is 47.8 Å². The smallest absolute Gasteiger partial charge is 0.339 e. The van der Waals surface area contributed by atoms with Crippen molar-refractivity contribution >= 4 is 99.5 Å². The van der Waals surface area contributed by atoms with Crippen LogP contribution in [0.1, 0.15) is 46.0 Å². The maximum Gasteiger partial charge on any atom is 0.339 e. The van der Waals surface area contributed by atoms with E-state index < -0.39 is 12.1 Å². The predicted octanol–water partition coefficient (Wildman–Crippen LogP) is 8.73. The number of halogens is 4.